The molecule has 0 radical (unpaired) electrons. The van der Waals surface area contributed by atoms with E-state index in [0.29, 0.717) is 17.9 Å². The van der Waals surface area contributed by atoms with E-state index in [4.69, 9.17) is 5.73 Å². The Labute approximate surface area is 74.1 Å². The fourth-order valence-corrected chi connectivity index (χ4v) is 2.95. The largest absolute Gasteiger partial charge is 0.392 e. The van der Waals surface area contributed by atoms with Gasteiger partial charge in [-0.1, -0.05) is 12.8 Å². The van der Waals surface area contributed by atoms with Crippen molar-refractivity contribution >= 4 is 0 Å². The van der Waals surface area contributed by atoms with Crippen LogP contribution >= 0.6 is 0 Å². The Morgan fingerprint density at radius 3 is 2.42 bits per heavy atom. The molecule has 0 aliphatic heterocycles. The Hall–Kier alpha value is -0.0800. The molecule has 3 N–H and O–H groups in total. The highest BCUT2D eigenvalue weighted by molar-refractivity contribution is 4.99. The van der Waals surface area contributed by atoms with Gasteiger partial charge in [-0.15, -0.1) is 0 Å². The number of nitrogens with two attached hydrogens (primary N) is 1. The van der Waals surface area contributed by atoms with E-state index in [0.717, 1.165) is 6.42 Å². The van der Waals surface area contributed by atoms with Crippen molar-refractivity contribution in [1.29, 1.82) is 0 Å². The van der Waals surface area contributed by atoms with Crippen molar-refractivity contribution in [2.75, 3.05) is 6.54 Å². The zero-order chi connectivity index (χ0) is 8.60. The maximum atomic E-state index is 10.1. The van der Waals surface area contributed by atoms with Gasteiger partial charge in [-0.25, -0.2) is 0 Å². The molecule has 0 amide bonds. The Morgan fingerprint density at radius 1 is 1.25 bits per heavy atom. The number of hydrogen-bond acceptors (Lipinski definition) is 2. The van der Waals surface area contributed by atoms with E-state index in [1.165, 1.54) is 32.1 Å². The van der Waals surface area contributed by atoms with E-state index < -0.39 is 0 Å². The van der Waals surface area contributed by atoms with Gasteiger partial charge in [0.1, 0.15) is 0 Å². The predicted molar refractivity (Wildman–Crippen MR) is 48.7 cm³/mol. The molecule has 12 heavy (non-hydrogen) atoms. The molecule has 2 aliphatic rings. The lowest BCUT2D eigenvalue weighted by atomic mass is 9.56. The summed E-state index contributed by atoms with van der Waals surface area (Å²) >= 11 is 0. The third-order valence-corrected chi connectivity index (χ3v) is 3.98. The Bertz CT molecular complexity index is 165. The smallest absolute Gasteiger partial charge is 0.0636 e. The summed E-state index contributed by atoms with van der Waals surface area (Å²) in [6.45, 7) is 0.670. The molecule has 1 spiro atoms. The van der Waals surface area contributed by atoms with Crippen molar-refractivity contribution < 1.29 is 5.11 Å². The zero-order valence-electron chi connectivity index (χ0n) is 7.63. The molecule has 0 aromatic carbocycles. The fourth-order valence-electron chi connectivity index (χ4n) is 2.95. The van der Waals surface area contributed by atoms with E-state index in [2.05, 4.69) is 0 Å². The highest BCUT2D eigenvalue weighted by Gasteiger charge is 2.47. The normalized spacial score (nSPS) is 39.5. The van der Waals surface area contributed by atoms with Crippen molar-refractivity contribution in [2.24, 2.45) is 17.1 Å². The van der Waals surface area contributed by atoms with Gasteiger partial charge in [0, 0.05) is 0 Å². The average molecular weight is 169 g/mol. The highest BCUT2D eigenvalue weighted by atomic mass is 16.3. The Morgan fingerprint density at radius 2 is 1.92 bits per heavy atom. The van der Waals surface area contributed by atoms with Crippen LogP contribution in [0.1, 0.15) is 38.5 Å². The molecule has 0 heterocycles. The Kier molecular flexibility index (Phi) is 2.13. The number of hydrogen-bond donors (Lipinski definition) is 2. The second kappa shape index (κ2) is 3.00. The first kappa shape index (κ1) is 8.52. The molecule has 2 fully saturated rings. The van der Waals surface area contributed by atoms with Crippen molar-refractivity contribution in [3.8, 4) is 0 Å². The first-order valence-corrected chi connectivity index (χ1v) is 5.17. The molecule has 2 rings (SSSR count). The third kappa shape index (κ3) is 1.09. The first-order chi connectivity index (χ1) is 5.78. The maximum absolute atomic E-state index is 10.1. The van der Waals surface area contributed by atoms with Crippen molar-refractivity contribution in [1.82, 2.24) is 0 Å². The van der Waals surface area contributed by atoms with E-state index in [1.54, 1.807) is 0 Å². The number of aliphatic hydroxyl groups excluding tert-OH is 1. The summed E-state index contributed by atoms with van der Waals surface area (Å²) in [5.74, 6) is 0.388. The van der Waals surface area contributed by atoms with Crippen molar-refractivity contribution in [3.63, 3.8) is 0 Å². The van der Waals surface area contributed by atoms with Gasteiger partial charge in [0.15, 0.2) is 0 Å². The molecule has 0 aromatic rings. The zero-order valence-corrected chi connectivity index (χ0v) is 7.63. The van der Waals surface area contributed by atoms with E-state index >= 15 is 0 Å². The van der Waals surface area contributed by atoms with Crippen LogP contribution in [0.15, 0.2) is 0 Å². The standard InChI is InChI=1S/C10H19NO/c11-7-8-3-1-4-10(9(8)12)5-2-6-10/h8-9,12H,1-7,11H2. The molecule has 0 bridgehead atoms. The molecule has 0 saturated heterocycles. The third-order valence-electron chi connectivity index (χ3n) is 3.98. The lowest BCUT2D eigenvalue weighted by Gasteiger charge is -2.51. The molecular formula is C10H19NO. The van der Waals surface area contributed by atoms with Crippen LogP contribution in [0.3, 0.4) is 0 Å². The van der Waals surface area contributed by atoms with Crippen LogP contribution in [0.4, 0.5) is 0 Å². The maximum Gasteiger partial charge on any atom is 0.0636 e. The highest BCUT2D eigenvalue weighted by Crippen LogP contribution is 2.52. The van der Waals surface area contributed by atoms with Crippen LogP contribution in [0, 0.1) is 11.3 Å². The monoisotopic (exact) mass is 169 g/mol. The molecule has 2 saturated carbocycles. The molecule has 2 aliphatic carbocycles. The van der Waals surface area contributed by atoms with Crippen LogP contribution in [-0.4, -0.2) is 17.8 Å². The van der Waals surface area contributed by atoms with Gasteiger partial charge in [-0.05, 0) is 43.6 Å². The summed E-state index contributed by atoms with van der Waals surface area (Å²) in [6, 6.07) is 0. The first-order valence-electron chi connectivity index (χ1n) is 5.17. The Balaban J connectivity index is 2.05. The summed E-state index contributed by atoms with van der Waals surface area (Å²) in [7, 11) is 0. The van der Waals surface area contributed by atoms with Gasteiger partial charge in [0.2, 0.25) is 0 Å². The summed E-state index contributed by atoms with van der Waals surface area (Å²) in [6.07, 6.45) is 7.36. The summed E-state index contributed by atoms with van der Waals surface area (Å²) in [5.41, 5.74) is 5.94. The summed E-state index contributed by atoms with van der Waals surface area (Å²) in [5, 5.41) is 10.1. The van der Waals surface area contributed by atoms with E-state index in [1.807, 2.05) is 0 Å². The topological polar surface area (TPSA) is 46.2 Å². The van der Waals surface area contributed by atoms with E-state index in [9.17, 15) is 5.11 Å². The molecule has 70 valence electrons. The molecule has 2 unspecified atom stereocenters. The van der Waals surface area contributed by atoms with Crippen LogP contribution in [0.25, 0.3) is 0 Å². The number of aliphatic hydroxyl groups is 1. The lowest BCUT2D eigenvalue weighted by Crippen LogP contribution is -2.50. The predicted octanol–water partition coefficient (Wildman–Crippen LogP) is 1.28. The van der Waals surface area contributed by atoms with Crippen LogP contribution in [0.2, 0.25) is 0 Å². The average Bonchev–Trinajstić information content (AvgIpc) is 2.02. The van der Waals surface area contributed by atoms with Gasteiger partial charge in [-0.3, -0.25) is 0 Å². The fraction of sp³-hybridized carbons (Fsp3) is 1.00. The number of rotatable bonds is 1. The SMILES string of the molecule is NCC1CCCC2(CCC2)C1O. The minimum atomic E-state index is -0.0926. The second-order valence-electron chi connectivity index (χ2n) is 4.55. The lowest BCUT2D eigenvalue weighted by molar-refractivity contribution is -0.0956. The van der Waals surface area contributed by atoms with Gasteiger partial charge < -0.3 is 10.8 Å². The molecule has 0 aromatic heterocycles. The minimum absolute atomic E-state index is 0.0926. The van der Waals surface area contributed by atoms with Gasteiger partial charge >= 0.3 is 0 Å². The van der Waals surface area contributed by atoms with Crippen LogP contribution in [-0.2, 0) is 0 Å². The molecule has 2 nitrogen and oxygen atoms in total. The van der Waals surface area contributed by atoms with Gasteiger partial charge in [0.05, 0.1) is 6.10 Å². The van der Waals surface area contributed by atoms with Gasteiger partial charge in [0.25, 0.3) is 0 Å². The van der Waals surface area contributed by atoms with Crippen molar-refractivity contribution in [2.45, 2.75) is 44.6 Å². The summed E-state index contributed by atoms with van der Waals surface area (Å²) in [4.78, 5) is 0. The molecular weight excluding hydrogens is 150 g/mol. The molecule has 2 atom stereocenters. The van der Waals surface area contributed by atoms with Crippen molar-refractivity contribution in [3.05, 3.63) is 0 Å². The van der Waals surface area contributed by atoms with Crippen LogP contribution in [0.5, 0.6) is 0 Å². The minimum Gasteiger partial charge on any atom is -0.392 e. The van der Waals surface area contributed by atoms with Crippen LogP contribution < -0.4 is 5.73 Å². The summed E-state index contributed by atoms with van der Waals surface area (Å²) < 4.78 is 0. The second-order valence-corrected chi connectivity index (χ2v) is 4.55. The quantitative estimate of drug-likeness (QED) is 0.621. The van der Waals surface area contributed by atoms with E-state index in [-0.39, 0.29) is 6.10 Å². The van der Waals surface area contributed by atoms with Gasteiger partial charge in [-0.2, -0.15) is 0 Å². The molecule has 2 heteroatoms.